The third-order valence-electron chi connectivity index (χ3n) is 4.14. The van der Waals surface area contributed by atoms with Gasteiger partial charge in [0, 0.05) is 25.9 Å². The second-order valence-electron chi connectivity index (χ2n) is 6.65. The Hall–Kier alpha value is -2.32. The molecule has 0 spiro atoms. The number of aromatic nitrogens is 6. The van der Waals surface area contributed by atoms with Gasteiger partial charge in [0.15, 0.2) is 5.82 Å². The Morgan fingerprint density at radius 2 is 2.33 bits per heavy atom. The van der Waals surface area contributed by atoms with Gasteiger partial charge in [0.05, 0.1) is 12.5 Å². The molecule has 0 aromatic carbocycles. The Morgan fingerprint density at radius 1 is 1.46 bits per heavy atom. The van der Waals surface area contributed by atoms with Crippen LogP contribution in [-0.2, 0) is 17.8 Å². The smallest absolute Gasteiger partial charge is 0.231 e. The minimum absolute atomic E-state index is 0.108. The van der Waals surface area contributed by atoms with E-state index in [1.54, 1.807) is 4.68 Å². The monoisotopic (exact) mass is 333 g/mol. The molecule has 0 aliphatic carbocycles. The lowest BCUT2D eigenvalue weighted by molar-refractivity contribution is -0.132. The van der Waals surface area contributed by atoms with Crippen molar-refractivity contribution in [3.05, 3.63) is 18.0 Å². The van der Waals surface area contributed by atoms with Gasteiger partial charge in [0.2, 0.25) is 11.8 Å². The van der Waals surface area contributed by atoms with Gasteiger partial charge in [-0.2, -0.15) is 4.98 Å². The van der Waals surface area contributed by atoms with Crippen LogP contribution < -0.4 is 0 Å². The SMILES string of the molecule is CC(C)Cc1noc(C2CCCN(C(=O)CCn3cnnn3)C2)n1. The van der Waals surface area contributed by atoms with Crippen LogP contribution in [0.5, 0.6) is 0 Å². The van der Waals surface area contributed by atoms with Crippen LogP contribution in [0, 0.1) is 5.92 Å². The summed E-state index contributed by atoms with van der Waals surface area (Å²) in [6.07, 6.45) is 4.63. The summed E-state index contributed by atoms with van der Waals surface area (Å²) < 4.78 is 6.99. The zero-order valence-electron chi connectivity index (χ0n) is 14.1. The highest BCUT2D eigenvalue weighted by Gasteiger charge is 2.28. The second kappa shape index (κ2) is 7.50. The topological polar surface area (TPSA) is 103 Å². The van der Waals surface area contributed by atoms with Crippen molar-refractivity contribution in [2.24, 2.45) is 5.92 Å². The summed E-state index contributed by atoms with van der Waals surface area (Å²) >= 11 is 0. The standard InChI is InChI=1S/C15H23N7O2/c1-11(2)8-13-17-15(24-18-13)12-4-3-6-21(9-12)14(23)5-7-22-10-16-19-20-22/h10-12H,3-9H2,1-2H3. The summed E-state index contributed by atoms with van der Waals surface area (Å²) in [6, 6.07) is 0. The van der Waals surface area contributed by atoms with Gasteiger partial charge in [0.25, 0.3) is 0 Å². The zero-order valence-corrected chi connectivity index (χ0v) is 14.1. The summed E-state index contributed by atoms with van der Waals surface area (Å²) in [5.41, 5.74) is 0. The molecule has 1 aliphatic rings. The van der Waals surface area contributed by atoms with E-state index in [-0.39, 0.29) is 11.8 Å². The van der Waals surface area contributed by atoms with E-state index in [0.29, 0.717) is 31.3 Å². The molecular formula is C15H23N7O2. The van der Waals surface area contributed by atoms with Crippen LogP contribution in [0.4, 0.5) is 0 Å². The number of rotatable bonds is 6. The van der Waals surface area contributed by atoms with Crippen LogP contribution in [0.2, 0.25) is 0 Å². The molecule has 1 saturated heterocycles. The Labute approximate surface area is 140 Å². The summed E-state index contributed by atoms with van der Waals surface area (Å²) in [4.78, 5) is 18.8. The summed E-state index contributed by atoms with van der Waals surface area (Å²) in [5, 5.41) is 15.0. The molecular weight excluding hydrogens is 310 g/mol. The average molecular weight is 333 g/mol. The molecule has 1 aliphatic heterocycles. The van der Waals surface area contributed by atoms with E-state index in [2.05, 4.69) is 39.5 Å². The summed E-state index contributed by atoms with van der Waals surface area (Å²) in [6.45, 7) is 6.16. The van der Waals surface area contributed by atoms with Gasteiger partial charge in [0.1, 0.15) is 6.33 Å². The van der Waals surface area contributed by atoms with Crippen molar-refractivity contribution in [3.63, 3.8) is 0 Å². The van der Waals surface area contributed by atoms with E-state index < -0.39 is 0 Å². The summed E-state index contributed by atoms with van der Waals surface area (Å²) in [5.74, 6) is 2.14. The van der Waals surface area contributed by atoms with Crippen molar-refractivity contribution in [1.82, 2.24) is 35.2 Å². The van der Waals surface area contributed by atoms with E-state index in [4.69, 9.17) is 4.52 Å². The number of carbonyl (C=O) groups excluding carboxylic acids is 1. The predicted molar refractivity (Wildman–Crippen MR) is 83.8 cm³/mol. The largest absolute Gasteiger partial charge is 0.342 e. The first-order valence-corrected chi connectivity index (χ1v) is 8.43. The van der Waals surface area contributed by atoms with Crippen LogP contribution in [0.1, 0.15) is 50.7 Å². The second-order valence-corrected chi connectivity index (χ2v) is 6.65. The number of nitrogens with zero attached hydrogens (tertiary/aromatic N) is 7. The zero-order chi connectivity index (χ0) is 16.9. The van der Waals surface area contributed by atoms with Gasteiger partial charge in [-0.15, -0.1) is 5.10 Å². The highest BCUT2D eigenvalue weighted by Crippen LogP contribution is 2.26. The van der Waals surface area contributed by atoms with Gasteiger partial charge in [-0.1, -0.05) is 19.0 Å². The Kier molecular flexibility index (Phi) is 5.17. The van der Waals surface area contributed by atoms with Gasteiger partial charge in [-0.05, 0) is 29.2 Å². The quantitative estimate of drug-likeness (QED) is 0.778. The van der Waals surface area contributed by atoms with Crippen LogP contribution in [0.25, 0.3) is 0 Å². The Bertz CT molecular complexity index is 653. The van der Waals surface area contributed by atoms with E-state index in [1.165, 1.54) is 6.33 Å². The van der Waals surface area contributed by atoms with Crippen molar-refractivity contribution in [3.8, 4) is 0 Å². The summed E-state index contributed by atoms with van der Waals surface area (Å²) in [7, 11) is 0. The lowest BCUT2D eigenvalue weighted by Crippen LogP contribution is -2.39. The molecule has 0 saturated carbocycles. The molecule has 2 aromatic heterocycles. The maximum absolute atomic E-state index is 12.4. The molecule has 3 heterocycles. The Balaban J connectivity index is 1.55. The fourth-order valence-electron chi connectivity index (χ4n) is 2.94. The number of aryl methyl sites for hydroxylation is 1. The lowest BCUT2D eigenvalue weighted by Gasteiger charge is -2.31. The fourth-order valence-corrected chi connectivity index (χ4v) is 2.94. The highest BCUT2D eigenvalue weighted by molar-refractivity contribution is 5.76. The maximum Gasteiger partial charge on any atom is 0.231 e. The molecule has 130 valence electrons. The Morgan fingerprint density at radius 3 is 3.08 bits per heavy atom. The number of hydrogen-bond acceptors (Lipinski definition) is 7. The minimum atomic E-state index is 0.108. The lowest BCUT2D eigenvalue weighted by atomic mass is 9.97. The van der Waals surface area contributed by atoms with Crippen LogP contribution >= 0.6 is 0 Å². The maximum atomic E-state index is 12.4. The van der Waals surface area contributed by atoms with Crippen LogP contribution in [-0.4, -0.2) is 54.2 Å². The normalized spacial score (nSPS) is 18.3. The average Bonchev–Trinajstić information content (AvgIpc) is 3.24. The predicted octanol–water partition coefficient (Wildman–Crippen LogP) is 1.05. The third-order valence-corrected chi connectivity index (χ3v) is 4.14. The van der Waals surface area contributed by atoms with E-state index >= 15 is 0 Å². The molecule has 9 nitrogen and oxygen atoms in total. The molecule has 0 bridgehead atoms. The number of hydrogen-bond donors (Lipinski definition) is 0. The first kappa shape index (κ1) is 16.5. The molecule has 0 N–H and O–H groups in total. The van der Waals surface area contributed by atoms with Gasteiger partial charge < -0.3 is 9.42 Å². The van der Waals surface area contributed by atoms with Gasteiger partial charge in [-0.3, -0.25) is 4.79 Å². The molecule has 1 atom stereocenters. The molecule has 0 radical (unpaired) electrons. The van der Waals surface area contributed by atoms with Crippen molar-refractivity contribution in [2.45, 2.75) is 52.0 Å². The van der Waals surface area contributed by atoms with Crippen molar-refractivity contribution in [2.75, 3.05) is 13.1 Å². The first-order chi connectivity index (χ1) is 11.6. The molecule has 1 unspecified atom stereocenters. The van der Waals surface area contributed by atoms with Crippen LogP contribution in [0.15, 0.2) is 10.9 Å². The number of carbonyl (C=O) groups is 1. The molecule has 2 aromatic rings. The number of likely N-dealkylation sites (tertiary alicyclic amines) is 1. The van der Waals surface area contributed by atoms with Crippen molar-refractivity contribution in [1.29, 1.82) is 0 Å². The fraction of sp³-hybridized carbons (Fsp3) is 0.733. The molecule has 24 heavy (non-hydrogen) atoms. The molecule has 1 fully saturated rings. The molecule has 9 heteroatoms. The van der Waals surface area contributed by atoms with Gasteiger partial charge >= 0.3 is 0 Å². The van der Waals surface area contributed by atoms with E-state index in [0.717, 1.165) is 31.6 Å². The molecule has 1 amide bonds. The third kappa shape index (κ3) is 4.15. The number of tetrazole rings is 1. The number of piperidine rings is 1. The minimum Gasteiger partial charge on any atom is -0.342 e. The molecule has 3 rings (SSSR count). The number of amides is 1. The first-order valence-electron chi connectivity index (χ1n) is 8.43. The van der Waals surface area contributed by atoms with Crippen LogP contribution in [0.3, 0.4) is 0 Å². The van der Waals surface area contributed by atoms with Crippen molar-refractivity contribution < 1.29 is 9.32 Å². The van der Waals surface area contributed by atoms with Gasteiger partial charge in [-0.25, -0.2) is 4.68 Å². The van der Waals surface area contributed by atoms with E-state index in [1.807, 2.05) is 4.90 Å². The van der Waals surface area contributed by atoms with Crippen molar-refractivity contribution >= 4 is 5.91 Å². The van der Waals surface area contributed by atoms with E-state index in [9.17, 15) is 4.79 Å². The highest BCUT2D eigenvalue weighted by atomic mass is 16.5.